The Morgan fingerprint density at radius 3 is 1.19 bits per heavy atom. The molecule has 0 bridgehead atoms. The van der Waals surface area contributed by atoms with Crippen LogP contribution >= 0.6 is 0 Å². The van der Waals surface area contributed by atoms with E-state index in [9.17, 15) is 34.8 Å². The SMILES string of the molecule is CC1=CC(C2=C(C3=C(C)S(=O)C(C)=C3)C(F)(F)C(F)(F)C2(F)F)=C(C)S1=O. The van der Waals surface area contributed by atoms with Gasteiger partial charge in [0, 0.05) is 30.8 Å². The summed E-state index contributed by atoms with van der Waals surface area (Å²) >= 11 is 0. The summed E-state index contributed by atoms with van der Waals surface area (Å²) < 4.78 is 111. The van der Waals surface area contributed by atoms with Gasteiger partial charge in [-0.15, -0.1) is 0 Å². The number of halogens is 6. The van der Waals surface area contributed by atoms with Gasteiger partial charge in [-0.1, -0.05) is 0 Å². The quantitative estimate of drug-likeness (QED) is 0.575. The third-order valence-electron chi connectivity index (χ3n) is 4.80. The topological polar surface area (TPSA) is 34.1 Å². The molecule has 10 heteroatoms. The number of allylic oxidation sites excluding steroid dienone is 10. The van der Waals surface area contributed by atoms with Crippen LogP contribution in [0.4, 0.5) is 26.3 Å². The zero-order valence-electron chi connectivity index (χ0n) is 14.6. The van der Waals surface area contributed by atoms with Crippen molar-refractivity contribution in [2.75, 3.05) is 0 Å². The van der Waals surface area contributed by atoms with Crippen LogP contribution in [0.25, 0.3) is 0 Å². The van der Waals surface area contributed by atoms with Crippen molar-refractivity contribution in [3.8, 4) is 0 Å². The fraction of sp³-hybridized carbons (Fsp3) is 0.412. The molecule has 0 fully saturated rings. The Bertz CT molecular complexity index is 903. The molecule has 148 valence electrons. The normalized spacial score (nSPS) is 31.8. The van der Waals surface area contributed by atoms with Crippen LogP contribution < -0.4 is 0 Å². The standard InChI is InChI=1S/C17H14F6O2S2/c1-7-5-11(9(3)26(7)24)13-14(12-6-8(2)27(25)10(12)4)16(20,21)17(22,23)15(13,18)19/h5-6H,1-4H3. The highest BCUT2D eigenvalue weighted by molar-refractivity contribution is 7.93. The lowest BCUT2D eigenvalue weighted by Crippen LogP contribution is -2.49. The van der Waals surface area contributed by atoms with Crippen LogP contribution in [0.3, 0.4) is 0 Å². The largest absolute Gasteiger partial charge is 0.380 e. The van der Waals surface area contributed by atoms with E-state index in [4.69, 9.17) is 0 Å². The Morgan fingerprint density at radius 2 is 0.963 bits per heavy atom. The van der Waals surface area contributed by atoms with Gasteiger partial charge in [0.15, 0.2) is 0 Å². The maximum Gasteiger partial charge on any atom is 0.380 e. The Labute approximate surface area is 156 Å². The summed E-state index contributed by atoms with van der Waals surface area (Å²) in [4.78, 5) is -0.218. The van der Waals surface area contributed by atoms with Gasteiger partial charge in [-0.25, -0.2) is 8.42 Å². The first-order chi connectivity index (χ1) is 12.2. The Hall–Kier alpha value is -1.42. The molecule has 0 aromatic carbocycles. The Morgan fingerprint density at radius 1 is 0.667 bits per heavy atom. The molecular weight excluding hydrogens is 414 g/mol. The van der Waals surface area contributed by atoms with E-state index in [1.807, 2.05) is 0 Å². The maximum absolute atomic E-state index is 14.6. The molecule has 0 saturated carbocycles. The Balaban J connectivity index is 2.47. The third-order valence-corrected chi connectivity index (χ3v) is 7.76. The summed E-state index contributed by atoms with van der Waals surface area (Å²) in [7, 11) is -3.74. The number of hydrogen-bond acceptors (Lipinski definition) is 2. The van der Waals surface area contributed by atoms with E-state index in [0.717, 1.165) is 12.2 Å². The van der Waals surface area contributed by atoms with Crippen LogP contribution in [0.2, 0.25) is 0 Å². The minimum Gasteiger partial charge on any atom is -0.250 e. The first-order valence-corrected chi connectivity index (χ1v) is 9.99. The summed E-state index contributed by atoms with van der Waals surface area (Å²) in [5.74, 6) is -16.1. The second kappa shape index (κ2) is 5.79. The van der Waals surface area contributed by atoms with E-state index >= 15 is 0 Å². The molecule has 0 spiro atoms. The van der Waals surface area contributed by atoms with E-state index < -0.39 is 61.7 Å². The van der Waals surface area contributed by atoms with Gasteiger partial charge in [0.2, 0.25) is 0 Å². The summed E-state index contributed by atoms with van der Waals surface area (Å²) in [5.41, 5.74) is -4.30. The molecule has 0 radical (unpaired) electrons. The van der Waals surface area contributed by atoms with Crippen LogP contribution in [0, 0.1) is 0 Å². The maximum atomic E-state index is 14.6. The molecular formula is C17H14F6O2S2. The van der Waals surface area contributed by atoms with Gasteiger partial charge >= 0.3 is 17.8 Å². The molecule has 2 unspecified atom stereocenters. The highest BCUT2D eigenvalue weighted by atomic mass is 32.2. The number of hydrogen-bond donors (Lipinski definition) is 0. The average molecular weight is 428 g/mol. The second-order valence-corrected chi connectivity index (χ2v) is 10.0. The smallest absolute Gasteiger partial charge is 0.250 e. The van der Waals surface area contributed by atoms with Gasteiger partial charge in [0.25, 0.3) is 0 Å². The van der Waals surface area contributed by atoms with Crippen LogP contribution in [0.5, 0.6) is 0 Å². The van der Waals surface area contributed by atoms with E-state index in [0.29, 0.717) is 0 Å². The second-order valence-electron chi connectivity index (χ2n) is 6.46. The number of rotatable bonds is 2. The fourth-order valence-electron chi connectivity index (χ4n) is 3.33. The predicted molar refractivity (Wildman–Crippen MR) is 91.1 cm³/mol. The van der Waals surface area contributed by atoms with Crippen molar-refractivity contribution in [2.45, 2.75) is 45.5 Å². The lowest BCUT2D eigenvalue weighted by molar-refractivity contribution is -0.263. The van der Waals surface area contributed by atoms with Gasteiger partial charge in [-0.3, -0.25) is 0 Å². The van der Waals surface area contributed by atoms with Gasteiger partial charge in [0.1, 0.15) is 0 Å². The highest BCUT2D eigenvalue weighted by Crippen LogP contribution is 2.64. The lowest BCUT2D eigenvalue weighted by Gasteiger charge is -2.26. The van der Waals surface area contributed by atoms with Crippen molar-refractivity contribution in [1.29, 1.82) is 0 Å². The minimum absolute atomic E-state index is 0.0936. The van der Waals surface area contributed by atoms with E-state index in [2.05, 4.69) is 0 Å². The molecule has 3 rings (SSSR count). The van der Waals surface area contributed by atoms with Crippen molar-refractivity contribution in [2.24, 2.45) is 0 Å². The van der Waals surface area contributed by atoms with Crippen molar-refractivity contribution >= 4 is 21.6 Å². The van der Waals surface area contributed by atoms with E-state index in [-0.39, 0.29) is 19.6 Å². The molecule has 0 N–H and O–H groups in total. The molecule has 2 atom stereocenters. The summed E-state index contributed by atoms with van der Waals surface area (Å²) in [5, 5.41) is 0. The summed E-state index contributed by atoms with van der Waals surface area (Å²) in [6, 6.07) is 0. The van der Waals surface area contributed by atoms with E-state index in [1.54, 1.807) is 0 Å². The van der Waals surface area contributed by atoms with Crippen LogP contribution in [0.1, 0.15) is 27.7 Å². The van der Waals surface area contributed by atoms with Crippen molar-refractivity contribution in [1.82, 2.24) is 0 Å². The highest BCUT2D eigenvalue weighted by Gasteiger charge is 2.80. The summed E-state index contributed by atoms with van der Waals surface area (Å²) in [6.45, 7) is 5.00. The first-order valence-electron chi connectivity index (χ1n) is 7.69. The fourth-order valence-corrected chi connectivity index (χ4v) is 5.47. The zero-order valence-corrected chi connectivity index (χ0v) is 16.2. The predicted octanol–water partition coefficient (Wildman–Crippen LogP) is 5.08. The summed E-state index contributed by atoms with van der Waals surface area (Å²) in [6.07, 6.45) is 1.93. The van der Waals surface area contributed by atoms with Crippen LogP contribution in [-0.4, -0.2) is 26.2 Å². The van der Waals surface area contributed by atoms with Gasteiger partial charge in [-0.05, 0) is 51.0 Å². The molecule has 1 aliphatic carbocycles. The average Bonchev–Trinajstić information content (AvgIpc) is 2.99. The van der Waals surface area contributed by atoms with Crippen molar-refractivity contribution in [3.63, 3.8) is 0 Å². The number of alkyl halides is 6. The van der Waals surface area contributed by atoms with Crippen molar-refractivity contribution < 1.29 is 34.8 Å². The van der Waals surface area contributed by atoms with Crippen molar-refractivity contribution in [3.05, 3.63) is 54.1 Å². The third kappa shape index (κ3) is 2.38. The molecule has 0 saturated heterocycles. The molecule has 27 heavy (non-hydrogen) atoms. The molecule has 0 amide bonds. The Kier molecular flexibility index (Phi) is 4.36. The van der Waals surface area contributed by atoms with Crippen LogP contribution in [0.15, 0.2) is 54.1 Å². The molecule has 3 aliphatic rings. The van der Waals surface area contributed by atoms with E-state index in [1.165, 1.54) is 27.7 Å². The zero-order chi connectivity index (χ0) is 20.7. The molecule has 0 aromatic rings. The van der Waals surface area contributed by atoms with Gasteiger partial charge in [0.05, 0.1) is 21.6 Å². The van der Waals surface area contributed by atoms with Crippen LogP contribution in [-0.2, 0) is 21.6 Å². The van der Waals surface area contributed by atoms with Gasteiger partial charge < -0.3 is 0 Å². The molecule has 0 aromatic heterocycles. The minimum atomic E-state index is -5.69. The first kappa shape index (κ1) is 20.3. The molecule has 2 nitrogen and oxygen atoms in total. The molecule has 2 heterocycles. The van der Waals surface area contributed by atoms with Gasteiger partial charge in [-0.2, -0.15) is 26.3 Å². The molecule has 2 aliphatic heterocycles. The lowest BCUT2D eigenvalue weighted by atomic mass is 9.93. The monoisotopic (exact) mass is 428 g/mol.